The number of pyridine rings is 1. The first-order valence-corrected chi connectivity index (χ1v) is 19.4. The second-order valence-corrected chi connectivity index (χ2v) is 16.4. The minimum Gasteiger partial charge on any atom is -0.508 e. The SMILES string of the molecule is NCC(C[n+]1ccc(CC(P(=O)(O)O)P(=O)(O)O)cc1)n1cc(CNC(=O)c2ccc(-c3c4ccc(=O)cc-4oc4cc(O)ccc34)c(C(=O)O)c2)nn1. The lowest BCUT2D eigenvalue weighted by atomic mass is 9.90. The number of nitrogens with zero attached hydrogens (tertiary/aromatic N) is 4. The van der Waals surface area contributed by atoms with E-state index < -0.39 is 44.9 Å². The summed E-state index contributed by atoms with van der Waals surface area (Å²) >= 11 is 0. The standard InChI is InChI=1S/C34H32N6O12P2/c35-15-22(18-39-9-7-19(8-10-39)11-31(53(46,47)48)54(49,50)51)40-17-21(37-38-40)16-36-33(43)20-1-4-25(28(12-20)34(44)45)32-26-5-2-23(41)13-29(26)52-30-14-24(42)3-6-27(30)32/h1-10,12-14,17,22,31H,11,15-16,18,35H2,(H6-,36,41,42,43,44,45,46,47,48,49,50,51)/p+1. The second-order valence-electron chi connectivity index (χ2n) is 12.4. The molecule has 0 saturated heterocycles. The molecule has 0 fully saturated rings. The summed E-state index contributed by atoms with van der Waals surface area (Å²) in [6, 6.07) is 15.2. The zero-order chi connectivity index (χ0) is 38.9. The van der Waals surface area contributed by atoms with E-state index in [0.717, 1.165) is 0 Å². The Labute approximate surface area is 304 Å². The lowest BCUT2D eigenvalue weighted by molar-refractivity contribution is -0.701. The van der Waals surface area contributed by atoms with Crippen LogP contribution in [0.2, 0.25) is 0 Å². The number of amides is 1. The molecule has 1 amide bonds. The maximum atomic E-state index is 13.2. The molecule has 1 unspecified atom stereocenters. The summed E-state index contributed by atoms with van der Waals surface area (Å²) in [7, 11) is -10.2. The van der Waals surface area contributed by atoms with Crippen molar-refractivity contribution >= 4 is 38.0 Å². The van der Waals surface area contributed by atoms with Crippen LogP contribution in [0.5, 0.6) is 5.75 Å². The molecule has 20 heteroatoms. The largest absolute Gasteiger partial charge is 0.508 e. The van der Waals surface area contributed by atoms with E-state index in [4.69, 9.17) is 10.2 Å². The van der Waals surface area contributed by atoms with Crippen LogP contribution in [0.25, 0.3) is 33.4 Å². The van der Waals surface area contributed by atoms with E-state index in [1.165, 1.54) is 65.3 Å². The van der Waals surface area contributed by atoms with Crippen LogP contribution >= 0.6 is 15.2 Å². The van der Waals surface area contributed by atoms with Crippen molar-refractivity contribution in [2.75, 3.05) is 6.54 Å². The first kappa shape index (κ1) is 38.2. The monoisotopic (exact) mass is 779 g/mol. The number of carbonyl (C=O) groups is 2. The van der Waals surface area contributed by atoms with Gasteiger partial charge in [-0.05, 0) is 53.9 Å². The van der Waals surface area contributed by atoms with E-state index in [9.17, 15) is 53.3 Å². The molecule has 54 heavy (non-hydrogen) atoms. The molecule has 6 rings (SSSR count). The van der Waals surface area contributed by atoms with Crippen molar-refractivity contribution in [3.8, 4) is 28.2 Å². The molecule has 3 heterocycles. The smallest absolute Gasteiger partial charge is 0.341 e. The minimum absolute atomic E-state index is 0.0462. The van der Waals surface area contributed by atoms with Gasteiger partial charge >= 0.3 is 21.2 Å². The van der Waals surface area contributed by atoms with Gasteiger partial charge in [0.15, 0.2) is 29.8 Å². The molecule has 0 spiro atoms. The Bertz CT molecular complexity index is 2490. The molecule has 1 aliphatic carbocycles. The Morgan fingerprint density at radius 3 is 2.31 bits per heavy atom. The molecule has 2 aromatic heterocycles. The Hall–Kier alpha value is -5.58. The number of rotatable bonds is 13. The number of aromatic carboxylic acids is 1. The lowest BCUT2D eigenvalue weighted by Gasteiger charge is -2.19. The first-order chi connectivity index (χ1) is 25.5. The number of carboxylic acids is 1. The van der Waals surface area contributed by atoms with Gasteiger partial charge in [-0.15, -0.1) is 5.10 Å². The van der Waals surface area contributed by atoms with Crippen molar-refractivity contribution < 1.29 is 57.5 Å². The van der Waals surface area contributed by atoms with Crippen molar-refractivity contribution in [1.82, 2.24) is 20.3 Å². The van der Waals surface area contributed by atoms with Crippen LogP contribution in [0.3, 0.4) is 0 Å². The number of fused-ring (bicyclic) bond motifs is 2. The van der Waals surface area contributed by atoms with Gasteiger partial charge in [-0.25, -0.2) is 14.0 Å². The number of carbonyl (C=O) groups excluding carboxylic acids is 1. The van der Waals surface area contributed by atoms with Gasteiger partial charge in [-0.2, -0.15) is 0 Å². The molecule has 2 aromatic carbocycles. The van der Waals surface area contributed by atoms with Gasteiger partial charge in [0.2, 0.25) is 0 Å². The molecule has 1 aliphatic heterocycles. The van der Waals surface area contributed by atoms with Crippen molar-refractivity contribution in [2.45, 2.75) is 31.0 Å². The molecule has 9 N–H and O–H groups in total. The Morgan fingerprint density at radius 1 is 0.944 bits per heavy atom. The molecule has 0 saturated carbocycles. The Kier molecular flexibility index (Phi) is 10.6. The quantitative estimate of drug-likeness (QED) is 0.0474. The summed E-state index contributed by atoms with van der Waals surface area (Å²) < 4.78 is 32.3. The predicted octanol–water partition coefficient (Wildman–Crippen LogP) is 2.20. The fourth-order valence-corrected chi connectivity index (χ4v) is 8.44. The topological polar surface area (TPSA) is 293 Å². The third kappa shape index (κ3) is 8.30. The summed E-state index contributed by atoms with van der Waals surface area (Å²) in [4.78, 5) is 75.5. The van der Waals surface area contributed by atoms with E-state index >= 15 is 0 Å². The van der Waals surface area contributed by atoms with E-state index in [1.807, 2.05) is 0 Å². The minimum atomic E-state index is -5.08. The number of carboxylic acid groups (broad SMARTS) is 1. The van der Waals surface area contributed by atoms with Crippen LogP contribution < -0.4 is 21.0 Å². The van der Waals surface area contributed by atoms with E-state index in [0.29, 0.717) is 27.8 Å². The highest BCUT2D eigenvalue weighted by molar-refractivity contribution is 7.70. The van der Waals surface area contributed by atoms with Crippen LogP contribution in [0.1, 0.15) is 38.0 Å². The fourth-order valence-electron chi connectivity index (χ4n) is 5.98. The summed E-state index contributed by atoms with van der Waals surface area (Å²) in [6.07, 6.45) is 4.16. The van der Waals surface area contributed by atoms with Crippen molar-refractivity contribution in [2.24, 2.45) is 5.73 Å². The summed E-state index contributed by atoms with van der Waals surface area (Å²) in [5, 5.41) is 29.5. The van der Waals surface area contributed by atoms with Gasteiger partial charge < -0.3 is 45.3 Å². The molecule has 2 aliphatic rings. The van der Waals surface area contributed by atoms with E-state index in [2.05, 4.69) is 15.6 Å². The van der Waals surface area contributed by atoms with Crippen molar-refractivity contribution in [1.29, 1.82) is 0 Å². The normalized spacial score (nSPS) is 12.7. The van der Waals surface area contributed by atoms with Crippen molar-refractivity contribution in [3.63, 3.8) is 0 Å². The molecule has 18 nitrogen and oxygen atoms in total. The Balaban J connectivity index is 1.17. The van der Waals surface area contributed by atoms with Crippen LogP contribution in [0.15, 0.2) is 94.5 Å². The van der Waals surface area contributed by atoms with E-state index in [-0.39, 0.29) is 58.8 Å². The van der Waals surface area contributed by atoms with Gasteiger partial charge in [-0.1, -0.05) is 11.3 Å². The maximum Gasteiger partial charge on any atom is 0.341 e. The number of hydrogen-bond acceptors (Lipinski definition) is 10. The van der Waals surface area contributed by atoms with Crippen LogP contribution in [0, 0.1) is 0 Å². The van der Waals surface area contributed by atoms with Gasteiger partial charge in [0.1, 0.15) is 28.8 Å². The predicted molar refractivity (Wildman–Crippen MR) is 191 cm³/mol. The van der Waals surface area contributed by atoms with Gasteiger partial charge in [0, 0.05) is 52.9 Å². The van der Waals surface area contributed by atoms with Gasteiger partial charge in [-0.3, -0.25) is 18.7 Å². The van der Waals surface area contributed by atoms with Crippen LogP contribution in [0.4, 0.5) is 0 Å². The third-order valence-corrected chi connectivity index (χ3v) is 12.4. The number of phenols is 1. The number of benzene rings is 3. The average molecular weight is 780 g/mol. The number of phenolic OH excluding ortho intramolecular Hbond substituents is 1. The first-order valence-electron chi connectivity index (χ1n) is 16.1. The number of nitrogens with one attached hydrogen (secondary N) is 1. The molecule has 280 valence electrons. The zero-order valence-corrected chi connectivity index (χ0v) is 29.7. The zero-order valence-electron chi connectivity index (χ0n) is 28.0. The lowest BCUT2D eigenvalue weighted by Crippen LogP contribution is -2.40. The maximum absolute atomic E-state index is 13.2. The molecule has 0 bridgehead atoms. The summed E-state index contributed by atoms with van der Waals surface area (Å²) in [5.41, 5.74) is 7.55. The number of hydrogen-bond donors (Lipinski definition) is 8. The highest BCUT2D eigenvalue weighted by Crippen LogP contribution is 2.60. The van der Waals surface area contributed by atoms with Gasteiger partial charge in [0.05, 0.1) is 18.3 Å². The van der Waals surface area contributed by atoms with Crippen molar-refractivity contribution in [3.05, 3.63) is 118 Å². The van der Waals surface area contributed by atoms with E-state index in [1.54, 1.807) is 29.2 Å². The molecular weight excluding hydrogens is 746 g/mol. The summed E-state index contributed by atoms with van der Waals surface area (Å²) in [6.45, 7) is 0.320. The third-order valence-electron chi connectivity index (χ3n) is 8.67. The summed E-state index contributed by atoms with van der Waals surface area (Å²) in [5.74, 6) is -1.81. The Morgan fingerprint density at radius 2 is 1.65 bits per heavy atom. The second kappa shape index (κ2) is 15.0. The molecule has 4 aromatic rings. The molecule has 1 atom stereocenters. The van der Waals surface area contributed by atoms with Gasteiger partial charge in [0.25, 0.3) is 5.91 Å². The highest BCUT2D eigenvalue weighted by Gasteiger charge is 2.43. The number of nitrogens with two attached hydrogens (primary N) is 1. The average Bonchev–Trinajstić information content (AvgIpc) is 3.59. The fraction of sp³-hybridized carbons (Fsp3) is 0.176. The highest BCUT2D eigenvalue weighted by atomic mass is 31.2. The molecule has 0 radical (unpaired) electrons. The van der Waals surface area contributed by atoms with Crippen LogP contribution in [-0.4, -0.2) is 68.6 Å². The van der Waals surface area contributed by atoms with Crippen LogP contribution in [-0.2, 0) is 28.6 Å². The number of aromatic hydroxyl groups is 1. The number of aromatic nitrogens is 4. The molecular formula is C34H33N6O12P2+.